The molecule has 2 heterocycles. The predicted octanol–water partition coefficient (Wildman–Crippen LogP) is 2.15. The van der Waals surface area contributed by atoms with E-state index in [2.05, 4.69) is 24.1 Å². The number of amides is 1. The molecular weight excluding hydrogens is 238 g/mol. The molecule has 0 spiro atoms. The van der Waals surface area contributed by atoms with Crippen LogP contribution in [-0.2, 0) is 4.79 Å². The third-order valence-electron chi connectivity index (χ3n) is 3.84. The van der Waals surface area contributed by atoms with Crippen molar-refractivity contribution in [1.82, 2.24) is 10.3 Å². The summed E-state index contributed by atoms with van der Waals surface area (Å²) in [7, 11) is 0. The minimum Gasteiger partial charge on any atom is -0.345 e. The lowest BCUT2D eigenvalue weighted by atomic mass is 9.74. The van der Waals surface area contributed by atoms with Crippen molar-refractivity contribution in [2.45, 2.75) is 26.3 Å². The van der Waals surface area contributed by atoms with Gasteiger partial charge < -0.3 is 5.32 Å². The van der Waals surface area contributed by atoms with Crippen molar-refractivity contribution < 1.29 is 4.79 Å². The summed E-state index contributed by atoms with van der Waals surface area (Å²) in [5, 5.41) is 12.1. The molecular formula is C15H17N3O. The van der Waals surface area contributed by atoms with E-state index in [9.17, 15) is 4.79 Å². The largest absolute Gasteiger partial charge is 0.345 e. The maximum absolute atomic E-state index is 11.9. The number of hydrogen-bond donors (Lipinski definition) is 1. The Morgan fingerprint density at radius 2 is 2.05 bits per heavy atom. The van der Waals surface area contributed by atoms with E-state index in [-0.39, 0.29) is 11.8 Å². The molecule has 2 unspecified atom stereocenters. The summed E-state index contributed by atoms with van der Waals surface area (Å²) in [5.41, 5.74) is 1.51. The van der Waals surface area contributed by atoms with E-state index in [1.807, 2.05) is 25.1 Å². The zero-order chi connectivity index (χ0) is 14.0. The molecule has 1 aliphatic heterocycles. The molecule has 0 aliphatic carbocycles. The highest BCUT2D eigenvalue weighted by Crippen LogP contribution is 2.37. The molecule has 0 radical (unpaired) electrons. The number of aromatic nitrogens is 1. The highest BCUT2D eigenvalue weighted by atomic mass is 16.2. The van der Waals surface area contributed by atoms with Crippen molar-refractivity contribution in [2.24, 2.45) is 11.8 Å². The second kappa shape index (κ2) is 4.85. The minimum atomic E-state index is -0.727. The second-order valence-electron chi connectivity index (χ2n) is 5.27. The van der Waals surface area contributed by atoms with E-state index in [4.69, 9.17) is 5.26 Å². The van der Waals surface area contributed by atoms with Crippen molar-refractivity contribution in [3.8, 4) is 6.07 Å². The van der Waals surface area contributed by atoms with E-state index in [0.29, 0.717) is 0 Å². The molecule has 19 heavy (non-hydrogen) atoms. The molecule has 2 atom stereocenters. The number of nitriles is 1. The molecule has 1 amide bonds. The summed E-state index contributed by atoms with van der Waals surface area (Å²) in [6, 6.07) is 5.83. The molecule has 1 aromatic rings. The van der Waals surface area contributed by atoms with Crippen LogP contribution in [0.5, 0.6) is 0 Å². The SMILES string of the molecule is CC(C)C1(C)NC(=O)C(C#N)C=C1c1ccncc1. The van der Waals surface area contributed by atoms with Crippen LogP contribution in [-0.4, -0.2) is 16.4 Å². The van der Waals surface area contributed by atoms with Crippen LogP contribution < -0.4 is 5.32 Å². The average molecular weight is 255 g/mol. The quantitative estimate of drug-likeness (QED) is 0.880. The van der Waals surface area contributed by atoms with Crippen molar-refractivity contribution in [1.29, 1.82) is 5.26 Å². The molecule has 4 heteroatoms. The van der Waals surface area contributed by atoms with Gasteiger partial charge in [0.1, 0.15) is 5.92 Å². The maximum atomic E-state index is 11.9. The van der Waals surface area contributed by atoms with E-state index in [1.165, 1.54) is 0 Å². The Bertz CT molecular complexity index is 557. The van der Waals surface area contributed by atoms with Gasteiger partial charge in [-0.1, -0.05) is 19.9 Å². The zero-order valence-electron chi connectivity index (χ0n) is 11.3. The van der Waals surface area contributed by atoms with Gasteiger partial charge in [0, 0.05) is 12.4 Å². The Morgan fingerprint density at radius 1 is 1.42 bits per heavy atom. The molecule has 0 fully saturated rings. The number of carbonyl (C=O) groups is 1. The van der Waals surface area contributed by atoms with E-state index < -0.39 is 11.5 Å². The lowest BCUT2D eigenvalue weighted by molar-refractivity contribution is -0.124. The highest BCUT2D eigenvalue weighted by Gasteiger charge is 2.40. The van der Waals surface area contributed by atoms with Crippen molar-refractivity contribution in [3.63, 3.8) is 0 Å². The zero-order valence-corrected chi connectivity index (χ0v) is 11.3. The first-order valence-electron chi connectivity index (χ1n) is 6.33. The highest BCUT2D eigenvalue weighted by molar-refractivity contribution is 5.93. The van der Waals surface area contributed by atoms with Gasteiger partial charge >= 0.3 is 0 Å². The Morgan fingerprint density at radius 3 is 2.58 bits per heavy atom. The first kappa shape index (κ1) is 13.3. The smallest absolute Gasteiger partial charge is 0.241 e. The summed E-state index contributed by atoms with van der Waals surface area (Å²) in [6.45, 7) is 6.11. The minimum absolute atomic E-state index is 0.218. The Labute approximate surface area is 113 Å². The fourth-order valence-corrected chi connectivity index (χ4v) is 2.30. The molecule has 1 aliphatic rings. The van der Waals surface area contributed by atoms with Crippen LogP contribution in [0.25, 0.3) is 5.57 Å². The van der Waals surface area contributed by atoms with Gasteiger partial charge in [-0.15, -0.1) is 0 Å². The van der Waals surface area contributed by atoms with Crippen molar-refractivity contribution in [2.75, 3.05) is 0 Å². The van der Waals surface area contributed by atoms with Gasteiger partial charge in [0.2, 0.25) is 5.91 Å². The van der Waals surface area contributed by atoms with Crippen LogP contribution in [0.3, 0.4) is 0 Å². The van der Waals surface area contributed by atoms with Crippen LogP contribution >= 0.6 is 0 Å². The summed E-state index contributed by atoms with van der Waals surface area (Å²) in [4.78, 5) is 15.9. The molecule has 1 aromatic heterocycles. The molecule has 0 saturated heterocycles. The van der Waals surface area contributed by atoms with E-state index in [1.54, 1.807) is 18.5 Å². The van der Waals surface area contributed by atoms with Crippen molar-refractivity contribution in [3.05, 3.63) is 36.2 Å². The number of rotatable bonds is 2. The van der Waals surface area contributed by atoms with Crippen LogP contribution in [0.4, 0.5) is 0 Å². The summed E-state index contributed by atoms with van der Waals surface area (Å²) in [6.07, 6.45) is 5.21. The van der Waals surface area contributed by atoms with Crippen LogP contribution in [0, 0.1) is 23.2 Å². The van der Waals surface area contributed by atoms with Crippen LogP contribution in [0.1, 0.15) is 26.3 Å². The third kappa shape index (κ3) is 2.24. The van der Waals surface area contributed by atoms with Gasteiger partial charge in [-0.3, -0.25) is 9.78 Å². The molecule has 0 aromatic carbocycles. The Hall–Kier alpha value is -2.15. The predicted molar refractivity (Wildman–Crippen MR) is 72.7 cm³/mol. The molecule has 0 saturated carbocycles. The van der Waals surface area contributed by atoms with Gasteiger partial charge in [-0.2, -0.15) is 5.26 Å². The average Bonchev–Trinajstić information content (AvgIpc) is 2.39. The first-order chi connectivity index (χ1) is 8.99. The van der Waals surface area contributed by atoms with Gasteiger partial charge in [0.15, 0.2) is 0 Å². The van der Waals surface area contributed by atoms with E-state index >= 15 is 0 Å². The Balaban J connectivity index is 2.57. The van der Waals surface area contributed by atoms with E-state index in [0.717, 1.165) is 11.1 Å². The van der Waals surface area contributed by atoms with Crippen molar-refractivity contribution >= 4 is 11.5 Å². The summed E-state index contributed by atoms with van der Waals surface area (Å²) < 4.78 is 0. The number of carbonyl (C=O) groups excluding carboxylic acids is 1. The molecule has 0 bridgehead atoms. The number of nitrogens with zero attached hydrogens (tertiary/aromatic N) is 2. The fraction of sp³-hybridized carbons (Fsp3) is 0.400. The number of nitrogens with one attached hydrogen (secondary N) is 1. The normalized spacial score (nSPS) is 26.6. The van der Waals surface area contributed by atoms with Gasteiger partial charge in [0.25, 0.3) is 0 Å². The lowest BCUT2D eigenvalue weighted by Gasteiger charge is -2.41. The van der Waals surface area contributed by atoms with Gasteiger partial charge in [-0.25, -0.2) is 0 Å². The number of hydrogen-bond acceptors (Lipinski definition) is 3. The monoisotopic (exact) mass is 255 g/mol. The van der Waals surface area contributed by atoms with Crippen LogP contribution in [0.2, 0.25) is 0 Å². The molecule has 4 nitrogen and oxygen atoms in total. The standard InChI is InChI=1S/C15H17N3O/c1-10(2)15(3)13(11-4-6-17-7-5-11)8-12(9-16)14(19)18-15/h4-8,10,12H,1-3H3,(H,18,19). The molecule has 98 valence electrons. The van der Waals surface area contributed by atoms with Crippen LogP contribution in [0.15, 0.2) is 30.6 Å². The summed E-state index contributed by atoms with van der Waals surface area (Å²) >= 11 is 0. The fourth-order valence-electron chi connectivity index (χ4n) is 2.30. The third-order valence-corrected chi connectivity index (χ3v) is 3.84. The maximum Gasteiger partial charge on any atom is 0.241 e. The topological polar surface area (TPSA) is 65.8 Å². The number of pyridine rings is 1. The molecule has 2 rings (SSSR count). The van der Waals surface area contributed by atoms with Gasteiger partial charge in [-0.05, 0) is 36.1 Å². The molecule has 1 N–H and O–H groups in total. The summed E-state index contributed by atoms with van der Waals surface area (Å²) in [5.74, 6) is -0.734. The Kier molecular flexibility index (Phi) is 3.39. The lowest BCUT2D eigenvalue weighted by Crippen LogP contribution is -2.55. The van der Waals surface area contributed by atoms with Gasteiger partial charge in [0.05, 0.1) is 11.6 Å². The first-order valence-corrected chi connectivity index (χ1v) is 6.33. The second-order valence-corrected chi connectivity index (χ2v) is 5.27.